The molecule has 18 heavy (non-hydrogen) atoms. The first kappa shape index (κ1) is 11.9. The summed E-state index contributed by atoms with van der Waals surface area (Å²) in [7, 11) is 1.97. The number of fused-ring (bicyclic) bond motifs is 1. The molecule has 0 amide bonds. The minimum absolute atomic E-state index is 0.519. The Morgan fingerprint density at radius 1 is 1.39 bits per heavy atom. The van der Waals surface area contributed by atoms with Gasteiger partial charge in [-0.2, -0.15) is 0 Å². The average molecular weight is 258 g/mol. The summed E-state index contributed by atoms with van der Waals surface area (Å²) in [6.45, 7) is 0.866. The van der Waals surface area contributed by atoms with Crippen LogP contribution in [0.15, 0.2) is 29.6 Å². The van der Waals surface area contributed by atoms with E-state index in [2.05, 4.69) is 35.0 Å². The van der Waals surface area contributed by atoms with Crippen molar-refractivity contribution >= 4 is 11.3 Å². The maximum absolute atomic E-state index is 4.78. The fourth-order valence-corrected chi connectivity index (χ4v) is 3.73. The lowest BCUT2D eigenvalue weighted by Crippen LogP contribution is -2.11. The highest BCUT2D eigenvalue weighted by atomic mass is 32.1. The molecule has 0 saturated heterocycles. The fraction of sp³-hybridized carbons (Fsp3) is 0.400. The Morgan fingerprint density at radius 2 is 2.28 bits per heavy atom. The van der Waals surface area contributed by atoms with E-state index < -0.39 is 0 Å². The van der Waals surface area contributed by atoms with E-state index in [1.807, 2.05) is 18.4 Å². The predicted octanol–water partition coefficient (Wildman–Crippen LogP) is 3.33. The van der Waals surface area contributed by atoms with Crippen LogP contribution >= 0.6 is 11.3 Å². The van der Waals surface area contributed by atoms with Gasteiger partial charge in [-0.15, -0.1) is 11.3 Å². The lowest BCUT2D eigenvalue weighted by atomic mass is 9.83. The van der Waals surface area contributed by atoms with Crippen molar-refractivity contribution in [2.75, 3.05) is 7.05 Å². The molecular formula is C15H18N2S. The molecule has 0 radical (unpaired) electrons. The summed E-state index contributed by atoms with van der Waals surface area (Å²) in [4.78, 5) is 4.78. The van der Waals surface area contributed by atoms with Gasteiger partial charge in [0.1, 0.15) is 5.01 Å². The van der Waals surface area contributed by atoms with Gasteiger partial charge in [-0.25, -0.2) is 4.98 Å². The minimum atomic E-state index is 0.519. The molecule has 1 N–H and O–H groups in total. The summed E-state index contributed by atoms with van der Waals surface area (Å²) in [6.07, 6.45) is 3.74. The van der Waals surface area contributed by atoms with Gasteiger partial charge in [0.15, 0.2) is 0 Å². The Labute approximate surface area is 112 Å². The number of aromatic nitrogens is 1. The number of hydrogen-bond acceptors (Lipinski definition) is 3. The van der Waals surface area contributed by atoms with Crippen LogP contribution in [0.4, 0.5) is 0 Å². The van der Waals surface area contributed by atoms with Crippen molar-refractivity contribution in [1.82, 2.24) is 10.3 Å². The first-order valence-electron chi connectivity index (χ1n) is 6.55. The molecule has 1 aromatic carbocycles. The number of thiazole rings is 1. The molecule has 94 valence electrons. The second-order valence-electron chi connectivity index (χ2n) is 4.85. The molecule has 3 rings (SSSR count). The molecule has 0 spiro atoms. The largest absolute Gasteiger partial charge is 0.314 e. The molecule has 1 unspecified atom stereocenters. The van der Waals surface area contributed by atoms with Crippen LogP contribution in [0, 0.1) is 0 Å². The maximum Gasteiger partial charge on any atom is 0.100 e. The van der Waals surface area contributed by atoms with E-state index in [1.165, 1.54) is 41.1 Å². The summed E-state index contributed by atoms with van der Waals surface area (Å²) >= 11 is 1.81. The van der Waals surface area contributed by atoms with Crippen molar-refractivity contribution in [3.63, 3.8) is 0 Å². The molecule has 1 atom stereocenters. The van der Waals surface area contributed by atoms with Crippen LogP contribution in [0.25, 0.3) is 0 Å². The Hall–Kier alpha value is -1.19. The van der Waals surface area contributed by atoms with Gasteiger partial charge in [-0.3, -0.25) is 0 Å². The Bertz CT molecular complexity index is 533. The topological polar surface area (TPSA) is 24.9 Å². The average Bonchev–Trinajstić information content (AvgIpc) is 2.87. The van der Waals surface area contributed by atoms with Gasteiger partial charge in [0, 0.05) is 17.8 Å². The van der Waals surface area contributed by atoms with Crippen LogP contribution < -0.4 is 5.32 Å². The highest BCUT2D eigenvalue weighted by Crippen LogP contribution is 2.37. The molecule has 0 bridgehead atoms. The van der Waals surface area contributed by atoms with E-state index in [0.717, 1.165) is 6.54 Å². The Balaban J connectivity index is 1.92. The first-order chi connectivity index (χ1) is 8.88. The summed E-state index contributed by atoms with van der Waals surface area (Å²) in [5.41, 5.74) is 4.17. The fourth-order valence-electron chi connectivity index (χ4n) is 2.76. The summed E-state index contributed by atoms with van der Waals surface area (Å²) in [5.74, 6) is 0.519. The summed E-state index contributed by atoms with van der Waals surface area (Å²) in [6, 6.07) is 8.84. The second-order valence-corrected chi connectivity index (χ2v) is 5.74. The number of nitrogens with zero attached hydrogens (tertiary/aromatic N) is 1. The number of hydrogen-bond donors (Lipinski definition) is 1. The maximum atomic E-state index is 4.78. The molecule has 1 aromatic heterocycles. The van der Waals surface area contributed by atoms with E-state index >= 15 is 0 Å². The molecule has 3 heteroatoms. The number of aryl methyl sites for hydroxylation is 1. The standard InChI is InChI=1S/C15H18N2S/c1-16-9-12-10-18-15(17-12)14-8-4-6-11-5-2-3-7-13(11)14/h2-3,5,7,10,14,16H,4,6,8-9H2,1H3. The molecular weight excluding hydrogens is 240 g/mol. The third kappa shape index (κ3) is 2.20. The van der Waals surface area contributed by atoms with E-state index in [0.29, 0.717) is 5.92 Å². The van der Waals surface area contributed by atoms with Gasteiger partial charge in [-0.05, 0) is 37.4 Å². The molecule has 1 aliphatic carbocycles. The number of benzene rings is 1. The lowest BCUT2D eigenvalue weighted by molar-refractivity contribution is 0.611. The summed E-state index contributed by atoms with van der Waals surface area (Å²) in [5, 5.41) is 6.63. The molecule has 2 aromatic rings. The highest BCUT2D eigenvalue weighted by molar-refractivity contribution is 7.09. The SMILES string of the molecule is CNCc1csc(C2CCCc3ccccc32)n1. The van der Waals surface area contributed by atoms with Crippen molar-refractivity contribution in [1.29, 1.82) is 0 Å². The van der Waals surface area contributed by atoms with Crippen LogP contribution in [0.2, 0.25) is 0 Å². The normalized spacial score (nSPS) is 18.6. The number of nitrogens with one attached hydrogen (secondary N) is 1. The van der Waals surface area contributed by atoms with Crippen molar-refractivity contribution in [3.8, 4) is 0 Å². The van der Waals surface area contributed by atoms with Gasteiger partial charge in [-0.1, -0.05) is 24.3 Å². The van der Waals surface area contributed by atoms with Gasteiger partial charge in [0.05, 0.1) is 5.69 Å². The highest BCUT2D eigenvalue weighted by Gasteiger charge is 2.23. The van der Waals surface area contributed by atoms with Crippen molar-refractivity contribution in [2.45, 2.75) is 31.7 Å². The third-order valence-electron chi connectivity index (χ3n) is 3.59. The van der Waals surface area contributed by atoms with Gasteiger partial charge < -0.3 is 5.32 Å². The quantitative estimate of drug-likeness (QED) is 0.913. The van der Waals surface area contributed by atoms with Crippen LogP contribution in [0.1, 0.15) is 40.6 Å². The van der Waals surface area contributed by atoms with Gasteiger partial charge >= 0.3 is 0 Å². The Morgan fingerprint density at radius 3 is 3.17 bits per heavy atom. The van der Waals surface area contributed by atoms with E-state index in [1.54, 1.807) is 0 Å². The van der Waals surface area contributed by atoms with Crippen molar-refractivity contribution in [2.24, 2.45) is 0 Å². The molecule has 1 heterocycles. The first-order valence-corrected chi connectivity index (χ1v) is 7.43. The van der Waals surface area contributed by atoms with Crippen molar-refractivity contribution < 1.29 is 0 Å². The molecule has 0 fully saturated rings. The zero-order valence-corrected chi connectivity index (χ0v) is 11.5. The van der Waals surface area contributed by atoms with Crippen LogP contribution in [0.3, 0.4) is 0 Å². The van der Waals surface area contributed by atoms with Gasteiger partial charge in [0.25, 0.3) is 0 Å². The molecule has 2 nitrogen and oxygen atoms in total. The second kappa shape index (κ2) is 5.21. The predicted molar refractivity (Wildman–Crippen MR) is 76.1 cm³/mol. The number of rotatable bonds is 3. The zero-order chi connectivity index (χ0) is 12.4. The van der Waals surface area contributed by atoms with E-state index in [4.69, 9.17) is 4.98 Å². The van der Waals surface area contributed by atoms with Crippen LogP contribution in [0.5, 0.6) is 0 Å². The van der Waals surface area contributed by atoms with Crippen molar-refractivity contribution in [3.05, 3.63) is 51.5 Å². The summed E-state index contributed by atoms with van der Waals surface area (Å²) < 4.78 is 0. The molecule has 1 aliphatic rings. The molecule has 0 aliphatic heterocycles. The van der Waals surface area contributed by atoms with Crippen LogP contribution in [-0.2, 0) is 13.0 Å². The smallest absolute Gasteiger partial charge is 0.100 e. The minimum Gasteiger partial charge on any atom is -0.314 e. The lowest BCUT2D eigenvalue weighted by Gasteiger charge is -2.23. The van der Waals surface area contributed by atoms with Gasteiger partial charge in [0.2, 0.25) is 0 Å². The monoisotopic (exact) mass is 258 g/mol. The van der Waals surface area contributed by atoms with Crippen LogP contribution in [-0.4, -0.2) is 12.0 Å². The zero-order valence-electron chi connectivity index (χ0n) is 10.6. The van der Waals surface area contributed by atoms with E-state index in [9.17, 15) is 0 Å². The third-order valence-corrected chi connectivity index (χ3v) is 4.60. The Kier molecular flexibility index (Phi) is 3.43. The van der Waals surface area contributed by atoms with E-state index in [-0.39, 0.29) is 0 Å². The molecule has 0 saturated carbocycles.